The van der Waals surface area contributed by atoms with Gasteiger partial charge in [-0.3, -0.25) is 20.9 Å². The summed E-state index contributed by atoms with van der Waals surface area (Å²) in [5.41, 5.74) is 3.68. The van der Waals surface area contributed by atoms with Gasteiger partial charge in [0.25, 0.3) is 5.69 Å². The molecule has 1 atom stereocenters. The normalized spacial score (nSPS) is 16.0. The van der Waals surface area contributed by atoms with Crippen molar-refractivity contribution in [3.05, 3.63) is 28.3 Å². The monoisotopic (exact) mass is 279 g/mol. The molecule has 0 saturated heterocycles. The Morgan fingerprint density at radius 1 is 1.45 bits per heavy atom. The van der Waals surface area contributed by atoms with Crippen LogP contribution in [0.4, 0.5) is 17.1 Å². The second-order valence-electron chi connectivity index (χ2n) is 5.30. The van der Waals surface area contributed by atoms with Crippen LogP contribution in [0.2, 0.25) is 0 Å². The number of nitrogens with one attached hydrogen (secondary N) is 2. The van der Waals surface area contributed by atoms with E-state index in [1.807, 2.05) is 0 Å². The van der Waals surface area contributed by atoms with Crippen molar-refractivity contribution in [2.24, 2.45) is 5.84 Å². The van der Waals surface area contributed by atoms with E-state index in [9.17, 15) is 10.1 Å². The van der Waals surface area contributed by atoms with Gasteiger partial charge in [0.1, 0.15) is 0 Å². The Morgan fingerprint density at radius 3 is 2.65 bits per heavy atom. The van der Waals surface area contributed by atoms with Crippen LogP contribution in [0.3, 0.4) is 0 Å². The predicted octanol–water partition coefficient (Wildman–Crippen LogP) is 1.77. The van der Waals surface area contributed by atoms with Crippen LogP contribution in [0.1, 0.15) is 19.8 Å². The first-order valence-corrected chi connectivity index (χ1v) is 6.73. The molecule has 0 aliphatic heterocycles. The van der Waals surface area contributed by atoms with E-state index >= 15 is 0 Å². The Hall–Kier alpha value is -1.86. The molecule has 0 heterocycles. The number of hydrogen-bond acceptors (Lipinski definition) is 6. The number of benzene rings is 1. The number of rotatable bonds is 7. The SMILES string of the molecule is CC(CNc1cc(NN)cc([N+](=O)[O-])c1)N(C)C1CC1. The molecule has 1 aromatic rings. The van der Waals surface area contributed by atoms with Crippen LogP contribution >= 0.6 is 0 Å². The molecule has 1 aliphatic rings. The fourth-order valence-corrected chi connectivity index (χ4v) is 2.15. The van der Waals surface area contributed by atoms with Gasteiger partial charge in [0.05, 0.1) is 10.6 Å². The molecule has 0 spiro atoms. The number of nitrogens with zero attached hydrogens (tertiary/aromatic N) is 2. The highest BCUT2D eigenvalue weighted by Crippen LogP contribution is 2.27. The van der Waals surface area contributed by atoms with E-state index in [2.05, 4.69) is 29.6 Å². The van der Waals surface area contributed by atoms with Crippen molar-refractivity contribution in [1.29, 1.82) is 0 Å². The molecule has 1 aliphatic carbocycles. The summed E-state index contributed by atoms with van der Waals surface area (Å²) in [6.07, 6.45) is 2.53. The van der Waals surface area contributed by atoms with Crippen LogP contribution in [0, 0.1) is 10.1 Å². The molecule has 20 heavy (non-hydrogen) atoms. The Labute approximate surface area is 118 Å². The summed E-state index contributed by atoms with van der Waals surface area (Å²) >= 11 is 0. The van der Waals surface area contributed by atoms with Crippen LogP contribution in [-0.2, 0) is 0 Å². The molecule has 2 rings (SSSR count). The van der Waals surface area contributed by atoms with Gasteiger partial charge in [-0.05, 0) is 32.9 Å². The first kappa shape index (κ1) is 14.5. The zero-order valence-corrected chi connectivity index (χ0v) is 11.8. The number of nitro groups is 1. The lowest BCUT2D eigenvalue weighted by Crippen LogP contribution is -2.36. The minimum Gasteiger partial charge on any atom is -0.383 e. The van der Waals surface area contributed by atoms with Crippen molar-refractivity contribution in [3.8, 4) is 0 Å². The lowest BCUT2D eigenvalue weighted by Gasteiger charge is -2.25. The van der Waals surface area contributed by atoms with E-state index in [0.29, 0.717) is 23.5 Å². The minimum atomic E-state index is -0.425. The number of likely N-dealkylation sites (N-methyl/N-ethyl adjacent to an activating group) is 1. The van der Waals surface area contributed by atoms with Crippen molar-refractivity contribution in [2.45, 2.75) is 31.8 Å². The highest BCUT2D eigenvalue weighted by Gasteiger charge is 2.28. The molecule has 1 aromatic carbocycles. The molecule has 0 aromatic heterocycles. The number of hydrazine groups is 1. The topological polar surface area (TPSA) is 96.5 Å². The second kappa shape index (κ2) is 6.06. The predicted molar refractivity (Wildman–Crippen MR) is 79.6 cm³/mol. The van der Waals surface area contributed by atoms with Crippen molar-refractivity contribution in [2.75, 3.05) is 24.3 Å². The van der Waals surface area contributed by atoms with E-state index in [4.69, 9.17) is 5.84 Å². The first-order valence-electron chi connectivity index (χ1n) is 6.73. The number of nitrogens with two attached hydrogens (primary N) is 1. The fourth-order valence-electron chi connectivity index (χ4n) is 2.15. The molecular formula is C13H21N5O2. The van der Waals surface area contributed by atoms with E-state index < -0.39 is 4.92 Å². The minimum absolute atomic E-state index is 0.0196. The van der Waals surface area contributed by atoms with Gasteiger partial charge in [0.15, 0.2) is 0 Å². The molecule has 0 radical (unpaired) electrons. The average molecular weight is 279 g/mol. The van der Waals surface area contributed by atoms with Gasteiger partial charge in [-0.15, -0.1) is 0 Å². The van der Waals surface area contributed by atoms with Gasteiger partial charge in [-0.2, -0.15) is 0 Å². The van der Waals surface area contributed by atoms with Crippen LogP contribution in [0.25, 0.3) is 0 Å². The summed E-state index contributed by atoms with van der Waals surface area (Å²) in [4.78, 5) is 12.8. The molecule has 7 nitrogen and oxygen atoms in total. The summed E-state index contributed by atoms with van der Waals surface area (Å²) in [6.45, 7) is 2.88. The molecule has 0 amide bonds. The number of nitrogen functional groups attached to an aromatic ring is 1. The third-order valence-corrected chi connectivity index (χ3v) is 3.71. The smallest absolute Gasteiger partial charge is 0.273 e. The molecule has 1 saturated carbocycles. The number of anilines is 2. The number of hydrogen-bond donors (Lipinski definition) is 3. The molecule has 1 unspecified atom stereocenters. The lowest BCUT2D eigenvalue weighted by molar-refractivity contribution is -0.384. The third-order valence-electron chi connectivity index (χ3n) is 3.71. The highest BCUT2D eigenvalue weighted by atomic mass is 16.6. The largest absolute Gasteiger partial charge is 0.383 e. The molecule has 7 heteroatoms. The van der Waals surface area contributed by atoms with Crippen LogP contribution in [0.15, 0.2) is 18.2 Å². The molecule has 1 fully saturated rings. The van der Waals surface area contributed by atoms with E-state index in [0.717, 1.165) is 6.54 Å². The van der Waals surface area contributed by atoms with Crippen molar-refractivity contribution >= 4 is 17.1 Å². The summed E-state index contributed by atoms with van der Waals surface area (Å²) in [5, 5.41) is 14.1. The second-order valence-corrected chi connectivity index (χ2v) is 5.30. The van der Waals surface area contributed by atoms with Gasteiger partial charge in [0, 0.05) is 36.4 Å². The van der Waals surface area contributed by atoms with Crippen LogP contribution in [-0.4, -0.2) is 35.5 Å². The maximum atomic E-state index is 10.9. The summed E-state index contributed by atoms with van der Waals surface area (Å²) in [7, 11) is 2.12. The maximum Gasteiger partial charge on any atom is 0.273 e. The lowest BCUT2D eigenvalue weighted by atomic mass is 10.2. The maximum absolute atomic E-state index is 10.9. The fraction of sp³-hybridized carbons (Fsp3) is 0.538. The Bertz CT molecular complexity index is 490. The van der Waals surface area contributed by atoms with Gasteiger partial charge in [-0.25, -0.2) is 0 Å². The van der Waals surface area contributed by atoms with Gasteiger partial charge < -0.3 is 10.7 Å². The van der Waals surface area contributed by atoms with Gasteiger partial charge in [0.2, 0.25) is 0 Å². The van der Waals surface area contributed by atoms with Crippen molar-refractivity contribution in [1.82, 2.24) is 4.90 Å². The van der Waals surface area contributed by atoms with E-state index in [1.165, 1.54) is 25.0 Å². The molecule has 0 bridgehead atoms. The van der Waals surface area contributed by atoms with Crippen LogP contribution in [0.5, 0.6) is 0 Å². The summed E-state index contributed by atoms with van der Waals surface area (Å²) < 4.78 is 0. The Kier molecular flexibility index (Phi) is 4.41. The third kappa shape index (κ3) is 3.58. The Balaban J connectivity index is 2.00. The van der Waals surface area contributed by atoms with Crippen molar-refractivity contribution < 1.29 is 4.92 Å². The zero-order valence-electron chi connectivity index (χ0n) is 11.8. The average Bonchev–Trinajstić information content (AvgIpc) is 3.27. The van der Waals surface area contributed by atoms with Gasteiger partial charge in [-0.1, -0.05) is 0 Å². The first-order chi connectivity index (χ1) is 9.51. The quantitative estimate of drug-likeness (QED) is 0.400. The highest BCUT2D eigenvalue weighted by molar-refractivity contribution is 5.63. The molecular weight excluding hydrogens is 258 g/mol. The Morgan fingerprint density at radius 2 is 2.10 bits per heavy atom. The van der Waals surface area contributed by atoms with Gasteiger partial charge >= 0.3 is 0 Å². The summed E-state index contributed by atoms with van der Waals surface area (Å²) in [5.74, 6) is 5.33. The molecule has 4 N–H and O–H groups in total. The number of nitro benzene ring substituents is 1. The van der Waals surface area contributed by atoms with Crippen molar-refractivity contribution in [3.63, 3.8) is 0 Å². The van der Waals surface area contributed by atoms with Crippen LogP contribution < -0.4 is 16.6 Å². The standard InChI is InChI=1S/C13H21N5O2/c1-9(17(2)12-3-4-12)8-15-10-5-11(16-14)7-13(6-10)18(19)20/h5-7,9,12,15-16H,3-4,8,14H2,1-2H3. The van der Waals surface area contributed by atoms with E-state index in [1.54, 1.807) is 6.07 Å². The van der Waals surface area contributed by atoms with E-state index in [-0.39, 0.29) is 5.69 Å². The summed E-state index contributed by atoms with van der Waals surface area (Å²) in [6, 6.07) is 5.75. The number of non-ortho nitro benzene ring substituents is 1. The zero-order chi connectivity index (χ0) is 14.7. The molecule has 110 valence electrons.